The van der Waals surface area contributed by atoms with E-state index >= 15 is 0 Å². The summed E-state index contributed by atoms with van der Waals surface area (Å²) < 4.78 is 12.0. The number of anilines is 2. The average Bonchev–Trinajstić information content (AvgIpc) is 3.02. The Kier molecular flexibility index (Phi) is 9.43. The van der Waals surface area contributed by atoms with Gasteiger partial charge in [-0.2, -0.15) is 0 Å². The van der Waals surface area contributed by atoms with Gasteiger partial charge in [-0.15, -0.1) is 0 Å². The number of hydrogen-bond donors (Lipinski definition) is 2. The molecule has 5 rings (SSSR count). The molecule has 1 amide bonds. The van der Waals surface area contributed by atoms with Crippen molar-refractivity contribution < 1.29 is 24.2 Å². The van der Waals surface area contributed by atoms with Crippen LogP contribution in [0, 0.1) is 5.41 Å². The fourth-order valence-electron chi connectivity index (χ4n) is 5.24. The third-order valence-electron chi connectivity index (χ3n) is 7.65. The molecule has 1 fully saturated rings. The van der Waals surface area contributed by atoms with E-state index in [1.807, 2.05) is 73.7 Å². The van der Waals surface area contributed by atoms with Gasteiger partial charge in [-0.05, 0) is 81.0 Å². The Labute approximate surface area is 257 Å². The summed E-state index contributed by atoms with van der Waals surface area (Å²) in [5, 5.41) is 12.3. The van der Waals surface area contributed by atoms with Crippen LogP contribution < -0.4 is 19.7 Å². The highest BCUT2D eigenvalue weighted by Crippen LogP contribution is 2.30. The van der Waals surface area contributed by atoms with Crippen LogP contribution >= 0.6 is 0 Å². The second-order valence-corrected chi connectivity index (χ2v) is 11.6. The largest absolute Gasteiger partial charge is 0.490 e. The molecule has 0 aliphatic carbocycles. The lowest BCUT2D eigenvalue weighted by molar-refractivity contribution is -0.146. The predicted molar refractivity (Wildman–Crippen MR) is 170 cm³/mol. The molecule has 0 bridgehead atoms. The molecule has 1 saturated heterocycles. The molecule has 228 valence electrons. The zero-order chi connectivity index (χ0) is 31.1. The van der Waals surface area contributed by atoms with Crippen molar-refractivity contribution in [3.8, 4) is 22.6 Å². The van der Waals surface area contributed by atoms with Crippen LogP contribution in [0.15, 0.2) is 85.2 Å². The van der Waals surface area contributed by atoms with Gasteiger partial charge in [0.1, 0.15) is 11.9 Å². The van der Waals surface area contributed by atoms with Gasteiger partial charge in [0.05, 0.1) is 31.0 Å². The number of carboxylic acids is 1. The van der Waals surface area contributed by atoms with E-state index in [4.69, 9.17) is 14.5 Å². The molecule has 0 spiro atoms. The van der Waals surface area contributed by atoms with Gasteiger partial charge >= 0.3 is 5.97 Å². The predicted octanol–water partition coefficient (Wildman–Crippen LogP) is 6.50. The molecule has 44 heavy (non-hydrogen) atoms. The lowest BCUT2D eigenvalue weighted by Gasteiger charge is -2.33. The summed E-state index contributed by atoms with van der Waals surface area (Å²) in [5.41, 5.74) is 2.40. The molecule has 1 aliphatic rings. The number of amides is 1. The van der Waals surface area contributed by atoms with Crippen LogP contribution in [0.3, 0.4) is 0 Å². The molecule has 4 aromatic rings. The number of rotatable bonds is 11. The molecule has 1 aromatic heterocycles. The van der Waals surface area contributed by atoms with Crippen LogP contribution in [0.1, 0.15) is 49.5 Å². The molecular formula is C35H38N4O5. The number of carbonyl (C=O) groups is 2. The number of carbonyl (C=O) groups excluding carboxylic acids is 1. The standard InChI is InChI=1S/C35H38N4O5/c1-4-43-29-12-5-6-13-30(29)44-28-11-8-18-39(23-28)32-22-36-21-31(37-32)38-33(40)27-10-7-9-26(19-27)25-16-14-24(15-17-25)20-35(2,3)34(41)42/h5-7,9-10,12-17,19,21-22,28H,4,8,11,18,20,23H2,1-3H3,(H,41,42)(H,37,38,40)/t28-/m1/s1. The number of hydrogen-bond acceptors (Lipinski definition) is 7. The van der Waals surface area contributed by atoms with Gasteiger partial charge in [0.2, 0.25) is 0 Å². The van der Waals surface area contributed by atoms with Gasteiger partial charge in [-0.25, -0.2) is 4.98 Å². The first kappa shape index (κ1) is 30.5. The molecule has 2 heterocycles. The molecule has 1 atom stereocenters. The number of carboxylic acid groups (broad SMARTS) is 1. The molecule has 0 radical (unpaired) electrons. The fraction of sp³-hybridized carbons (Fsp3) is 0.314. The lowest BCUT2D eigenvalue weighted by Crippen LogP contribution is -2.41. The first-order chi connectivity index (χ1) is 21.2. The number of para-hydroxylation sites is 2. The van der Waals surface area contributed by atoms with E-state index < -0.39 is 11.4 Å². The van der Waals surface area contributed by atoms with Crippen molar-refractivity contribution in [2.45, 2.75) is 46.1 Å². The average molecular weight is 595 g/mol. The van der Waals surface area contributed by atoms with E-state index in [0.717, 1.165) is 47.6 Å². The van der Waals surface area contributed by atoms with Crippen molar-refractivity contribution in [1.29, 1.82) is 0 Å². The Morgan fingerprint density at radius 1 is 1.00 bits per heavy atom. The Balaban J connectivity index is 1.23. The molecule has 9 nitrogen and oxygen atoms in total. The number of benzene rings is 3. The highest BCUT2D eigenvalue weighted by Gasteiger charge is 2.27. The maximum absolute atomic E-state index is 13.2. The van der Waals surface area contributed by atoms with Crippen LogP contribution in [0.2, 0.25) is 0 Å². The molecule has 1 aliphatic heterocycles. The van der Waals surface area contributed by atoms with E-state index in [0.29, 0.717) is 36.8 Å². The smallest absolute Gasteiger partial charge is 0.309 e. The number of aliphatic carboxylic acids is 1. The molecule has 0 unspecified atom stereocenters. The normalized spacial score (nSPS) is 15.0. The Hall–Kier alpha value is -4.92. The molecule has 0 saturated carbocycles. The summed E-state index contributed by atoms with van der Waals surface area (Å²) in [5.74, 6) is 1.39. The first-order valence-electron chi connectivity index (χ1n) is 14.9. The van der Waals surface area contributed by atoms with Crippen LogP contribution in [0.4, 0.5) is 11.6 Å². The molecular weight excluding hydrogens is 556 g/mol. The van der Waals surface area contributed by atoms with Gasteiger partial charge in [-0.3, -0.25) is 14.6 Å². The number of aromatic nitrogens is 2. The van der Waals surface area contributed by atoms with Crippen LogP contribution in [0.5, 0.6) is 11.5 Å². The zero-order valence-electron chi connectivity index (χ0n) is 25.3. The number of piperidine rings is 1. The van der Waals surface area contributed by atoms with Crippen LogP contribution in [-0.2, 0) is 11.2 Å². The van der Waals surface area contributed by atoms with Crippen molar-refractivity contribution in [2.24, 2.45) is 5.41 Å². The molecule has 3 aromatic carbocycles. The van der Waals surface area contributed by atoms with E-state index in [1.54, 1.807) is 32.3 Å². The third kappa shape index (κ3) is 7.53. The van der Waals surface area contributed by atoms with Crippen molar-refractivity contribution >= 4 is 23.5 Å². The second kappa shape index (κ2) is 13.6. The first-order valence-corrected chi connectivity index (χ1v) is 14.9. The van der Waals surface area contributed by atoms with Crippen molar-refractivity contribution in [3.05, 3.63) is 96.3 Å². The third-order valence-corrected chi connectivity index (χ3v) is 7.65. The topological polar surface area (TPSA) is 114 Å². The zero-order valence-corrected chi connectivity index (χ0v) is 25.3. The van der Waals surface area contributed by atoms with Gasteiger partial charge in [0, 0.05) is 12.1 Å². The monoisotopic (exact) mass is 594 g/mol. The van der Waals surface area contributed by atoms with E-state index in [2.05, 4.69) is 15.2 Å². The minimum absolute atomic E-state index is 0.0362. The van der Waals surface area contributed by atoms with Crippen molar-refractivity contribution in [1.82, 2.24) is 9.97 Å². The summed E-state index contributed by atoms with van der Waals surface area (Å²) in [6.45, 7) is 7.40. The van der Waals surface area contributed by atoms with E-state index in [-0.39, 0.29) is 12.0 Å². The number of nitrogens with one attached hydrogen (secondary N) is 1. The van der Waals surface area contributed by atoms with Gasteiger partial charge < -0.3 is 24.8 Å². The Morgan fingerprint density at radius 3 is 2.52 bits per heavy atom. The molecule has 2 N–H and O–H groups in total. The van der Waals surface area contributed by atoms with Gasteiger partial charge in [0.25, 0.3) is 5.91 Å². The lowest BCUT2D eigenvalue weighted by atomic mass is 9.85. The van der Waals surface area contributed by atoms with E-state index in [9.17, 15) is 14.7 Å². The van der Waals surface area contributed by atoms with Crippen molar-refractivity contribution in [2.75, 3.05) is 29.9 Å². The van der Waals surface area contributed by atoms with E-state index in [1.165, 1.54) is 0 Å². The summed E-state index contributed by atoms with van der Waals surface area (Å²) >= 11 is 0. The van der Waals surface area contributed by atoms with Crippen LogP contribution in [-0.4, -0.2) is 52.8 Å². The maximum Gasteiger partial charge on any atom is 0.309 e. The van der Waals surface area contributed by atoms with Gasteiger partial charge in [0.15, 0.2) is 17.3 Å². The number of ether oxygens (including phenoxy) is 2. The summed E-state index contributed by atoms with van der Waals surface area (Å²) in [6, 6.07) is 22.8. The van der Waals surface area contributed by atoms with Crippen molar-refractivity contribution in [3.63, 3.8) is 0 Å². The Morgan fingerprint density at radius 2 is 1.77 bits per heavy atom. The quantitative estimate of drug-likeness (QED) is 0.202. The highest BCUT2D eigenvalue weighted by molar-refractivity contribution is 6.04. The SMILES string of the molecule is CCOc1ccccc1O[C@@H]1CCCN(c2cncc(NC(=O)c3cccc(-c4ccc(CC(C)(C)C(=O)O)cc4)c3)n2)C1. The molecule has 9 heteroatoms. The fourth-order valence-corrected chi connectivity index (χ4v) is 5.24. The second-order valence-electron chi connectivity index (χ2n) is 11.6. The summed E-state index contributed by atoms with van der Waals surface area (Å²) in [7, 11) is 0. The highest BCUT2D eigenvalue weighted by atomic mass is 16.5. The summed E-state index contributed by atoms with van der Waals surface area (Å²) in [4.78, 5) is 35.9. The van der Waals surface area contributed by atoms with Crippen LogP contribution in [0.25, 0.3) is 11.1 Å². The Bertz CT molecular complexity index is 1610. The summed E-state index contributed by atoms with van der Waals surface area (Å²) in [6.07, 6.45) is 5.49. The number of nitrogens with zero attached hydrogens (tertiary/aromatic N) is 3. The maximum atomic E-state index is 13.2. The minimum atomic E-state index is -0.848. The van der Waals surface area contributed by atoms with Gasteiger partial charge in [-0.1, -0.05) is 48.5 Å². The minimum Gasteiger partial charge on any atom is -0.490 e.